The third-order valence-electron chi connectivity index (χ3n) is 7.17. The first kappa shape index (κ1) is 25.0. The van der Waals surface area contributed by atoms with E-state index in [0.717, 1.165) is 0 Å². The number of para-hydroxylation sites is 1. The van der Waals surface area contributed by atoms with E-state index in [1.807, 2.05) is 6.07 Å². The number of rotatable bonds is 8. The van der Waals surface area contributed by atoms with E-state index in [9.17, 15) is 24.3 Å². The van der Waals surface area contributed by atoms with Crippen LogP contribution in [0, 0.1) is 5.92 Å². The van der Waals surface area contributed by atoms with Crippen LogP contribution >= 0.6 is 0 Å². The fourth-order valence-electron chi connectivity index (χ4n) is 5.52. The maximum absolute atomic E-state index is 13.4. The van der Waals surface area contributed by atoms with Gasteiger partial charge >= 0.3 is 5.97 Å². The molecule has 5 N–H and O–H groups in total. The second-order valence-electron chi connectivity index (χ2n) is 9.15. The number of nitrogens with one attached hydrogen (secondary N) is 2. The lowest BCUT2D eigenvalue weighted by Crippen LogP contribution is -2.55. The van der Waals surface area contributed by atoms with Crippen molar-refractivity contribution in [1.29, 1.82) is 0 Å². The zero-order valence-electron chi connectivity index (χ0n) is 20.1. The Morgan fingerprint density at radius 2 is 1.67 bits per heavy atom. The predicted octanol–water partition coefficient (Wildman–Crippen LogP) is 2.34. The van der Waals surface area contributed by atoms with Gasteiger partial charge < -0.3 is 26.0 Å². The number of aromatic carboxylic acids is 1. The van der Waals surface area contributed by atoms with E-state index < -0.39 is 23.2 Å². The summed E-state index contributed by atoms with van der Waals surface area (Å²) in [6.07, 6.45) is 2.03. The number of aryl methyl sites for hydroxylation is 1. The smallest absolute Gasteiger partial charge is 0.352 e. The van der Waals surface area contributed by atoms with Crippen molar-refractivity contribution in [3.05, 3.63) is 71.4 Å². The van der Waals surface area contributed by atoms with Crippen LogP contribution in [0.5, 0.6) is 0 Å². The van der Waals surface area contributed by atoms with Crippen LogP contribution in [-0.2, 0) is 22.1 Å². The highest BCUT2D eigenvalue weighted by Crippen LogP contribution is 2.48. The van der Waals surface area contributed by atoms with E-state index >= 15 is 0 Å². The number of carboxylic acid groups (broad SMARTS) is 1. The molecule has 1 aliphatic carbocycles. The maximum atomic E-state index is 13.4. The molecule has 0 unspecified atom stereocenters. The minimum Gasteiger partial charge on any atom is -0.477 e. The number of aromatic nitrogens is 1. The maximum Gasteiger partial charge on any atom is 0.352 e. The molecule has 0 aliphatic heterocycles. The van der Waals surface area contributed by atoms with E-state index in [0.29, 0.717) is 41.3 Å². The Morgan fingerprint density at radius 1 is 1.00 bits per heavy atom. The summed E-state index contributed by atoms with van der Waals surface area (Å²) in [6, 6.07) is 15.9. The number of hydrogen-bond donors (Lipinski definition) is 4. The van der Waals surface area contributed by atoms with Gasteiger partial charge in [0.15, 0.2) is 0 Å². The van der Waals surface area contributed by atoms with Crippen LogP contribution in [-0.4, -0.2) is 46.5 Å². The number of hydrogen-bond acceptors (Lipinski definition) is 4. The molecule has 1 aromatic heterocycles. The van der Waals surface area contributed by atoms with Crippen molar-refractivity contribution in [3.8, 4) is 0 Å². The first-order valence-corrected chi connectivity index (χ1v) is 12.0. The summed E-state index contributed by atoms with van der Waals surface area (Å²) in [6.45, 7) is 0.356. The molecule has 36 heavy (non-hydrogen) atoms. The highest BCUT2D eigenvalue weighted by Gasteiger charge is 2.53. The molecule has 0 radical (unpaired) electrons. The number of nitrogens with two attached hydrogens (primary N) is 1. The Hall–Kier alpha value is -4.14. The van der Waals surface area contributed by atoms with Crippen molar-refractivity contribution in [2.75, 3.05) is 13.1 Å². The van der Waals surface area contributed by atoms with Crippen molar-refractivity contribution < 1.29 is 24.3 Å². The van der Waals surface area contributed by atoms with Gasteiger partial charge in [-0.05, 0) is 31.0 Å². The molecule has 3 aromatic rings. The number of benzene rings is 2. The van der Waals surface area contributed by atoms with Crippen molar-refractivity contribution in [2.45, 2.75) is 31.1 Å². The SMILES string of the molecule is Cn1c(C(=O)O)c([C@]2(C(N)=O)CCCC[C@H]2C(=O)NCCNC(=O)c2ccccc2)c2ccccc21. The van der Waals surface area contributed by atoms with Crippen molar-refractivity contribution in [3.63, 3.8) is 0 Å². The molecule has 0 saturated heterocycles. The molecule has 0 spiro atoms. The molecule has 2 atom stereocenters. The van der Waals surface area contributed by atoms with Crippen LogP contribution in [0.4, 0.5) is 0 Å². The summed E-state index contributed by atoms with van der Waals surface area (Å²) in [5, 5.41) is 16.3. The average Bonchev–Trinajstić information content (AvgIpc) is 3.19. The standard InChI is InChI=1S/C27H30N4O5/c1-31-20-13-6-5-11-18(20)21(22(31)25(34)35)27(26(28)36)14-8-7-12-19(27)24(33)30-16-15-29-23(32)17-9-3-2-4-10-17/h2-6,9-11,13,19H,7-8,12,14-16H2,1H3,(H2,28,36)(H,29,32)(H,30,33)(H,34,35)/t19-,27-/m0/s1. The van der Waals surface area contributed by atoms with Gasteiger partial charge in [-0.3, -0.25) is 14.4 Å². The highest BCUT2D eigenvalue weighted by atomic mass is 16.4. The van der Waals surface area contributed by atoms with Crippen molar-refractivity contribution in [1.82, 2.24) is 15.2 Å². The highest BCUT2D eigenvalue weighted by molar-refractivity contribution is 6.06. The lowest BCUT2D eigenvalue weighted by Gasteiger charge is -2.41. The largest absolute Gasteiger partial charge is 0.477 e. The first-order chi connectivity index (χ1) is 17.3. The van der Waals surface area contributed by atoms with E-state index in [1.165, 1.54) is 0 Å². The second-order valence-corrected chi connectivity index (χ2v) is 9.15. The molecule has 9 heteroatoms. The van der Waals surface area contributed by atoms with Gasteiger partial charge in [0.05, 0.1) is 11.3 Å². The normalized spacial score (nSPS) is 19.5. The Labute approximate surface area is 208 Å². The monoisotopic (exact) mass is 490 g/mol. The molecular weight excluding hydrogens is 460 g/mol. The van der Waals surface area contributed by atoms with Crippen LogP contribution in [0.1, 0.15) is 52.1 Å². The van der Waals surface area contributed by atoms with Crippen LogP contribution in [0.3, 0.4) is 0 Å². The van der Waals surface area contributed by atoms with Crippen LogP contribution in [0.2, 0.25) is 0 Å². The van der Waals surface area contributed by atoms with Crippen LogP contribution in [0.15, 0.2) is 54.6 Å². The zero-order valence-corrected chi connectivity index (χ0v) is 20.1. The summed E-state index contributed by atoms with van der Waals surface area (Å²) >= 11 is 0. The number of fused-ring (bicyclic) bond motifs is 1. The Balaban J connectivity index is 1.62. The molecule has 2 aromatic carbocycles. The summed E-state index contributed by atoms with van der Waals surface area (Å²) < 4.78 is 1.54. The molecule has 1 aliphatic rings. The number of nitrogens with zero attached hydrogens (tertiary/aromatic N) is 1. The third kappa shape index (κ3) is 4.32. The molecule has 3 amide bonds. The van der Waals surface area contributed by atoms with Crippen LogP contribution in [0.25, 0.3) is 10.9 Å². The Bertz CT molecular complexity index is 1320. The lowest BCUT2D eigenvalue weighted by molar-refractivity contribution is -0.137. The Kier molecular flexibility index (Phi) is 7.10. The third-order valence-corrected chi connectivity index (χ3v) is 7.17. The van der Waals surface area contributed by atoms with Gasteiger partial charge in [0.1, 0.15) is 5.69 Å². The molecule has 1 fully saturated rings. The first-order valence-electron chi connectivity index (χ1n) is 12.0. The number of primary amides is 1. The van der Waals surface area contributed by atoms with Crippen molar-refractivity contribution in [2.24, 2.45) is 18.7 Å². The number of carbonyl (C=O) groups is 4. The quantitative estimate of drug-likeness (QED) is 0.358. The average molecular weight is 491 g/mol. The minimum atomic E-state index is -1.47. The van der Waals surface area contributed by atoms with E-state index in [2.05, 4.69) is 10.6 Å². The van der Waals surface area contributed by atoms with Gasteiger partial charge in [-0.2, -0.15) is 0 Å². The zero-order chi connectivity index (χ0) is 25.9. The predicted molar refractivity (Wildman–Crippen MR) is 134 cm³/mol. The fraction of sp³-hybridized carbons (Fsp3) is 0.333. The second kappa shape index (κ2) is 10.2. The van der Waals surface area contributed by atoms with E-state index in [1.54, 1.807) is 60.1 Å². The lowest BCUT2D eigenvalue weighted by atomic mass is 9.61. The number of amides is 3. The van der Waals surface area contributed by atoms with Gasteiger partial charge in [0, 0.05) is 42.2 Å². The molecule has 0 bridgehead atoms. The molecule has 1 heterocycles. The van der Waals surface area contributed by atoms with Gasteiger partial charge in [-0.15, -0.1) is 0 Å². The summed E-state index contributed by atoms with van der Waals surface area (Å²) in [7, 11) is 1.64. The minimum absolute atomic E-state index is 0.0372. The molecule has 1 saturated carbocycles. The molecule has 9 nitrogen and oxygen atoms in total. The van der Waals surface area contributed by atoms with E-state index in [-0.39, 0.29) is 37.0 Å². The number of carboxylic acids is 1. The topological polar surface area (TPSA) is 144 Å². The molecular formula is C27H30N4O5. The Morgan fingerprint density at radius 3 is 2.36 bits per heavy atom. The summed E-state index contributed by atoms with van der Waals surface area (Å²) in [5.41, 5.74) is 5.98. The number of carbonyl (C=O) groups excluding carboxylic acids is 3. The van der Waals surface area contributed by atoms with Crippen molar-refractivity contribution >= 4 is 34.6 Å². The van der Waals surface area contributed by atoms with Gasteiger partial charge in [0.2, 0.25) is 11.8 Å². The van der Waals surface area contributed by atoms with Gasteiger partial charge in [-0.25, -0.2) is 4.79 Å². The van der Waals surface area contributed by atoms with E-state index in [4.69, 9.17) is 5.73 Å². The van der Waals surface area contributed by atoms with Gasteiger partial charge in [0.25, 0.3) is 5.91 Å². The summed E-state index contributed by atoms with van der Waals surface area (Å²) in [5.74, 6) is -3.36. The molecule has 188 valence electrons. The fourth-order valence-corrected chi connectivity index (χ4v) is 5.52. The molecule has 4 rings (SSSR count). The van der Waals surface area contributed by atoms with Gasteiger partial charge in [-0.1, -0.05) is 49.2 Å². The van der Waals surface area contributed by atoms with Crippen LogP contribution < -0.4 is 16.4 Å². The summed E-state index contributed by atoms with van der Waals surface area (Å²) in [4.78, 5) is 51.3.